The molecule has 20 heavy (non-hydrogen) atoms. The van der Waals surface area contributed by atoms with Crippen LogP contribution in [-0.4, -0.2) is 10.2 Å². The van der Waals surface area contributed by atoms with Gasteiger partial charge >= 0.3 is 0 Å². The summed E-state index contributed by atoms with van der Waals surface area (Å²) in [6, 6.07) is 8.64. The van der Waals surface area contributed by atoms with E-state index in [2.05, 4.69) is 53.6 Å². The van der Waals surface area contributed by atoms with Crippen molar-refractivity contribution in [2.75, 3.05) is 5.32 Å². The van der Waals surface area contributed by atoms with E-state index < -0.39 is 0 Å². The second-order valence-electron chi connectivity index (χ2n) is 5.34. The molecule has 0 aliphatic rings. The van der Waals surface area contributed by atoms with Gasteiger partial charge in [0.05, 0.1) is 0 Å². The Bertz CT molecular complexity index is 591. The Morgan fingerprint density at radius 1 is 1.05 bits per heavy atom. The van der Waals surface area contributed by atoms with Crippen LogP contribution in [0.1, 0.15) is 42.0 Å². The van der Waals surface area contributed by atoms with Gasteiger partial charge in [-0.15, -0.1) is 10.2 Å². The minimum absolute atomic E-state index is 0.467. The third-order valence-corrected chi connectivity index (χ3v) is 3.93. The van der Waals surface area contributed by atoms with E-state index in [1.54, 1.807) is 0 Å². The lowest BCUT2D eigenvalue weighted by molar-refractivity contribution is 0.865. The zero-order valence-electron chi connectivity index (χ0n) is 12.4. The highest BCUT2D eigenvalue weighted by Crippen LogP contribution is 2.21. The van der Waals surface area contributed by atoms with Crippen LogP contribution in [0.2, 0.25) is 5.15 Å². The average Bonchev–Trinajstić information content (AvgIpc) is 2.44. The number of nitrogens with zero attached hydrogens (tertiary/aromatic N) is 2. The Hall–Kier alpha value is -1.61. The molecule has 0 saturated heterocycles. The Morgan fingerprint density at radius 2 is 1.70 bits per heavy atom. The first-order valence-electron chi connectivity index (χ1n) is 6.81. The summed E-state index contributed by atoms with van der Waals surface area (Å²) in [7, 11) is 0. The Kier molecular flexibility index (Phi) is 4.61. The fourth-order valence-electron chi connectivity index (χ4n) is 1.95. The van der Waals surface area contributed by atoms with Crippen molar-refractivity contribution in [2.45, 2.75) is 40.2 Å². The molecular weight excluding hydrogens is 270 g/mol. The molecule has 106 valence electrons. The lowest BCUT2D eigenvalue weighted by Crippen LogP contribution is -2.06. The average molecular weight is 290 g/mol. The molecule has 2 aromatic rings. The van der Waals surface area contributed by atoms with E-state index in [1.165, 1.54) is 11.1 Å². The number of rotatable bonds is 4. The van der Waals surface area contributed by atoms with Crippen LogP contribution in [0.5, 0.6) is 0 Å². The topological polar surface area (TPSA) is 37.8 Å². The Morgan fingerprint density at radius 3 is 2.30 bits per heavy atom. The normalized spacial score (nSPS) is 10.9. The summed E-state index contributed by atoms with van der Waals surface area (Å²) in [5.41, 5.74) is 4.60. The van der Waals surface area contributed by atoms with Crippen LogP contribution < -0.4 is 5.32 Å². The molecule has 3 nitrogen and oxygen atoms in total. The van der Waals surface area contributed by atoms with Crippen LogP contribution >= 0.6 is 11.6 Å². The van der Waals surface area contributed by atoms with Crippen LogP contribution in [0.4, 0.5) is 5.82 Å². The molecule has 0 atom stereocenters. The number of benzene rings is 1. The minimum atomic E-state index is 0.467. The summed E-state index contributed by atoms with van der Waals surface area (Å²) in [6.07, 6.45) is 0. The number of aromatic nitrogens is 2. The molecule has 1 heterocycles. The second kappa shape index (κ2) is 6.23. The number of nitrogens with one attached hydrogen (secondary N) is 1. The highest BCUT2D eigenvalue weighted by atomic mass is 35.5. The quantitative estimate of drug-likeness (QED) is 0.901. The van der Waals surface area contributed by atoms with Crippen molar-refractivity contribution in [3.63, 3.8) is 0 Å². The van der Waals surface area contributed by atoms with Crippen molar-refractivity contribution in [2.24, 2.45) is 0 Å². The number of hydrogen-bond acceptors (Lipinski definition) is 3. The zero-order valence-corrected chi connectivity index (χ0v) is 13.1. The van der Waals surface area contributed by atoms with Crippen LogP contribution in [0.3, 0.4) is 0 Å². The molecule has 4 heteroatoms. The lowest BCUT2D eigenvalue weighted by Gasteiger charge is -2.11. The van der Waals surface area contributed by atoms with E-state index in [-0.39, 0.29) is 0 Å². The third kappa shape index (κ3) is 3.28. The van der Waals surface area contributed by atoms with E-state index in [0.29, 0.717) is 11.1 Å². The molecule has 0 bridgehead atoms. The molecule has 0 aliphatic carbocycles. The lowest BCUT2D eigenvalue weighted by atomic mass is 10.0. The second-order valence-corrected chi connectivity index (χ2v) is 5.70. The summed E-state index contributed by atoms with van der Waals surface area (Å²) < 4.78 is 0. The molecule has 1 N–H and O–H groups in total. The van der Waals surface area contributed by atoms with Gasteiger partial charge in [0, 0.05) is 6.54 Å². The van der Waals surface area contributed by atoms with E-state index in [4.69, 9.17) is 11.6 Å². The maximum atomic E-state index is 5.95. The summed E-state index contributed by atoms with van der Waals surface area (Å²) in [6.45, 7) is 9.08. The number of halogens is 1. The summed E-state index contributed by atoms with van der Waals surface area (Å²) in [5.74, 6) is 1.35. The van der Waals surface area contributed by atoms with E-state index in [9.17, 15) is 0 Å². The minimum Gasteiger partial charge on any atom is -0.364 e. The maximum Gasteiger partial charge on any atom is 0.155 e. The molecule has 0 unspecified atom stereocenters. The zero-order chi connectivity index (χ0) is 14.7. The standard InChI is InChI=1S/C16H20ClN3/c1-10(2)14-7-5-13(6-8-14)9-18-16-12(4)11(3)15(17)19-20-16/h5-8,10H,9H2,1-4H3,(H,18,20). The number of anilines is 1. The van der Waals surface area contributed by atoms with Gasteiger partial charge in [-0.1, -0.05) is 49.7 Å². The largest absolute Gasteiger partial charge is 0.364 e. The smallest absolute Gasteiger partial charge is 0.155 e. The SMILES string of the molecule is Cc1c(Cl)nnc(NCc2ccc(C(C)C)cc2)c1C. The third-order valence-electron chi connectivity index (χ3n) is 3.57. The monoisotopic (exact) mass is 289 g/mol. The molecule has 0 radical (unpaired) electrons. The van der Waals surface area contributed by atoms with Crippen molar-refractivity contribution in [1.29, 1.82) is 0 Å². The number of hydrogen-bond donors (Lipinski definition) is 1. The first-order chi connectivity index (χ1) is 9.49. The molecule has 1 aromatic heterocycles. The van der Waals surface area contributed by atoms with Gasteiger partial charge in [-0.05, 0) is 42.0 Å². The molecule has 0 aliphatic heterocycles. The molecular formula is C16H20ClN3. The molecule has 1 aromatic carbocycles. The van der Waals surface area contributed by atoms with Gasteiger partial charge < -0.3 is 5.32 Å². The van der Waals surface area contributed by atoms with Crippen molar-refractivity contribution < 1.29 is 0 Å². The summed E-state index contributed by atoms with van der Waals surface area (Å²) >= 11 is 5.95. The van der Waals surface area contributed by atoms with Crippen LogP contribution in [0.25, 0.3) is 0 Å². The van der Waals surface area contributed by atoms with Gasteiger partial charge in [-0.3, -0.25) is 0 Å². The molecule has 0 saturated carbocycles. The highest BCUT2D eigenvalue weighted by Gasteiger charge is 2.07. The van der Waals surface area contributed by atoms with Gasteiger partial charge in [0.25, 0.3) is 0 Å². The van der Waals surface area contributed by atoms with E-state index >= 15 is 0 Å². The van der Waals surface area contributed by atoms with E-state index in [1.807, 2.05) is 13.8 Å². The fraction of sp³-hybridized carbons (Fsp3) is 0.375. The van der Waals surface area contributed by atoms with Gasteiger partial charge in [0.15, 0.2) is 11.0 Å². The van der Waals surface area contributed by atoms with Crippen molar-refractivity contribution in [1.82, 2.24) is 10.2 Å². The van der Waals surface area contributed by atoms with Gasteiger partial charge in [0.1, 0.15) is 0 Å². The maximum absolute atomic E-state index is 5.95. The van der Waals surface area contributed by atoms with Gasteiger partial charge in [-0.2, -0.15) is 0 Å². The van der Waals surface area contributed by atoms with Crippen molar-refractivity contribution >= 4 is 17.4 Å². The Labute approximate surface area is 125 Å². The van der Waals surface area contributed by atoms with Crippen LogP contribution in [0, 0.1) is 13.8 Å². The first-order valence-corrected chi connectivity index (χ1v) is 7.19. The predicted octanol–water partition coefficient (Wildman–Crippen LogP) is 4.48. The van der Waals surface area contributed by atoms with Crippen molar-refractivity contribution in [3.8, 4) is 0 Å². The Balaban J connectivity index is 2.07. The fourth-order valence-corrected chi connectivity index (χ4v) is 2.13. The molecule has 2 rings (SSSR count). The van der Waals surface area contributed by atoms with Crippen molar-refractivity contribution in [3.05, 3.63) is 51.7 Å². The first kappa shape index (κ1) is 14.8. The highest BCUT2D eigenvalue weighted by molar-refractivity contribution is 6.30. The van der Waals surface area contributed by atoms with Crippen LogP contribution in [0.15, 0.2) is 24.3 Å². The molecule has 0 spiro atoms. The summed E-state index contributed by atoms with van der Waals surface area (Å²) in [5, 5.41) is 11.8. The van der Waals surface area contributed by atoms with E-state index in [0.717, 1.165) is 23.5 Å². The van der Waals surface area contributed by atoms with Gasteiger partial charge in [0.2, 0.25) is 0 Å². The van der Waals surface area contributed by atoms with Gasteiger partial charge in [-0.25, -0.2) is 0 Å². The molecule has 0 amide bonds. The molecule has 0 fully saturated rings. The predicted molar refractivity (Wildman–Crippen MR) is 84.4 cm³/mol. The summed E-state index contributed by atoms with van der Waals surface area (Å²) in [4.78, 5) is 0. The van der Waals surface area contributed by atoms with Crippen LogP contribution in [-0.2, 0) is 6.54 Å².